The molecule has 0 spiro atoms. The summed E-state index contributed by atoms with van der Waals surface area (Å²) in [5.74, 6) is 0.937. The highest BCUT2D eigenvalue weighted by atomic mass is 16.7. The van der Waals surface area contributed by atoms with Crippen LogP contribution in [0.1, 0.15) is 47.4 Å². The van der Waals surface area contributed by atoms with Crippen LogP contribution in [0, 0.1) is 5.92 Å². The zero-order valence-corrected chi connectivity index (χ0v) is 23.3. The highest BCUT2D eigenvalue weighted by Crippen LogP contribution is 2.56. The van der Waals surface area contributed by atoms with Crippen molar-refractivity contribution in [1.29, 1.82) is 0 Å². The van der Waals surface area contributed by atoms with Crippen LogP contribution in [0.2, 0.25) is 0 Å². The molecule has 1 aliphatic carbocycles. The number of hydrogen-bond acceptors (Lipinski definition) is 6. The third-order valence-corrected chi connectivity index (χ3v) is 7.96. The zero-order valence-electron chi connectivity index (χ0n) is 23.3. The van der Waals surface area contributed by atoms with Crippen LogP contribution in [-0.2, 0) is 4.79 Å². The Morgan fingerprint density at radius 1 is 0.780 bits per heavy atom. The van der Waals surface area contributed by atoms with Crippen LogP contribution in [-0.4, -0.2) is 38.7 Å². The van der Waals surface area contributed by atoms with Crippen molar-refractivity contribution in [2.75, 3.05) is 27.6 Å². The molecule has 0 saturated carbocycles. The van der Waals surface area contributed by atoms with Gasteiger partial charge in [0.1, 0.15) is 17.2 Å². The molecule has 1 aliphatic heterocycles. The molecule has 0 amide bonds. The van der Waals surface area contributed by atoms with Gasteiger partial charge in [0.05, 0.1) is 26.7 Å². The summed E-state index contributed by atoms with van der Waals surface area (Å²) in [5, 5.41) is 10.9. The maximum absolute atomic E-state index is 13.3. The molecular weight excluding hydrogens is 520 g/mol. The van der Waals surface area contributed by atoms with Crippen molar-refractivity contribution in [2.45, 2.75) is 25.2 Å². The topological polar surface area (TPSA) is 83.5 Å². The number of hydrogen-bond donors (Lipinski definition) is 1. The lowest BCUT2D eigenvalue weighted by Crippen LogP contribution is -2.24. The minimum atomic E-state index is -0.874. The summed E-state index contributed by atoms with van der Waals surface area (Å²) >= 11 is 0. The van der Waals surface area contributed by atoms with Crippen LogP contribution >= 0.6 is 0 Å². The Morgan fingerprint density at radius 3 is 2.22 bits per heavy atom. The molecule has 0 bridgehead atoms. The van der Waals surface area contributed by atoms with E-state index in [1.54, 1.807) is 14.2 Å². The molecule has 4 aromatic carbocycles. The molecule has 0 fully saturated rings. The second-order valence-corrected chi connectivity index (χ2v) is 10.3. The summed E-state index contributed by atoms with van der Waals surface area (Å²) < 4.78 is 28.2. The number of carboxylic acids is 1. The van der Waals surface area contributed by atoms with E-state index < -0.39 is 23.7 Å². The first-order valence-corrected chi connectivity index (χ1v) is 13.7. The average Bonchev–Trinajstić information content (AvgIpc) is 3.61. The third-order valence-electron chi connectivity index (χ3n) is 7.96. The Balaban J connectivity index is 1.56. The Bertz CT molecular complexity index is 1580. The number of carboxylic acid groups (broad SMARTS) is 1. The minimum Gasteiger partial charge on any atom is -0.497 e. The number of rotatable bonds is 9. The first kappa shape index (κ1) is 26.6. The number of ether oxygens (including phenoxy) is 5. The summed E-state index contributed by atoms with van der Waals surface area (Å²) in [6.45, 7) is 2.79. The summed E-state index contributed by atoms with van der Waals surface area (Å²) in [4.78, 5) is 13.3. The van der Waals surface area contributed by atoms with Crippen LogP contribution in [0.5, 0.6) is 28.7 Å². The highest BCUT2D eigenvalue weighted by molar-refractivity contribution is 5.81. The Labute approximate surface area is 239 Å². The molecule has 7 nitrogen and oxygen atoms in total. The van der Waals surface area contributed by atoms with Gasteiger partial charge < -0.3 is 28.8 Å². The van der Waals surface area contributed by atoms with Gasteiger partial charge in [-0.15, -0.1) is 0 Å². The van der Waals surface area contributed by atoms with E-state index in [0.717, 1.165) is 51.3 Å². The van der Waals surface area contributed by atoms with Gasteiger partial charge >= 0.3 is 5.97 Å². The number of methoxy groups -OCH3 is 2. The van der Waals surface area contributed by atoms with Crippen LogP contribution in [0.25, 0.3) is 11.1 Å². The summed E-state index contributed by atoms with van der Waals surface area (Å²) in [6.07, 6.45) is 0.873. The first-order chi connectivity index (χ1) is 20.0. The van der Waals surface area contributed by atoms with E-state index >= 15 is 0 Å². The van der Waals surface area contributed by atoms with Crippen molar-refractivity contribution in [3.63, 3.8) is 0 Å². The molecule has 1 heterocycles. The van der Waals surface area contributed by atoms with Crippen molar-refractivity contribution in [3.05, 3.63) is 101 Å². The van der Waals surface area contributed by atoms with Gasteiger partial charge in [-0.25, -0.2) is 0 Å². The van der Waals surface area contributed by atoms with E-state index in [4.69, 9.17) is 23.7 Å². The molecule has 4 aromatic rings. The van der Waals surface area contributed by atoms with E-state index in [9.17, 15) is 9.90 Å². The van der Waals surface area contributed by atoms with Crippen molar-refractivity contribution < 1.29 is 33.6 Å². The monoisotopic (exact) mass is 552 g/mol. The van der Waals surface area contributed by atoms with E-state index in [2.05, 4.69) is 6.92 Å². The second kappa shape index (κ2) is 11.1. The fourth-order valence-electron chi connectivity index (χ4n) is 6.09. The normalized spacial score (nSPS) is 18.6. The van der Waals surface area contributed by atoms with Crippen LogP contribution in [0.15, 0.2) is 78.9 Å². The molecule has 3 unspecified atom stereocenters. The highest BCUT2D eigenvalue weighted by Gasteiger charge is 2.47. The summed E-state index contributed by atoms with van der Waals surface area (Å²) in [7, 11) is 3.26. The molecule has 6 rings (SSSR count). The van der Waals surface area contributed by atoms with Gasteiger partial charge in [-0.2, -0.15) is 0 Å². The van der Waals surface area contributed by atoms with E-state index in [1.165, 1.54) is 0 Å². The molecular formula is C34H32O7. The van der Waals surface area contributed by atoms with Gasteiger partial charge in [-0.1, -0.05) is 37.3 Å². The lowest BCUT2D eigenvalue weighted by atomic mass is 9.77. The van der Waals surface area contributed by atoms with Gasteiger partial charge in [-0.3, -0.25) is 4.79 Å². The maximum atomic E-state index is 13.3. The molecule has 7 heteroatoms. The predicted molar refractivity (Wildman–Crippen MR) is 155 cm³/mol. The number of fused-ring (bicyclic) bond motifs is 2. The van der Waals surface area contributed by atoms with Gasteiger partial charge in [-0.05, 0) is 88.3 Å². The molecule has 2 aliphatic rings. The van der Waals surface area contributed by atoms with Gasteiger partial charge in [0.15, 0.2) is 11.5 Å². The van der Waals surface area contributed by atoms with E-state index in [0.29, 0.717) is 23.9 Å². The van der Waals surface area contributed by atoms with Gasteiger partial charge in [0.2, 0.25) is 6.79 Å². The number of aliphatic carboxylic acids is 1. The van der Waals surface area contributed by atoms with Crippen molar-refractivity contribution in [1.82, 2.24) is 0 Å². The molecule has 41 heavy (non-hydrogen) atoms. The minimum absolute atomic E-state index is 0.153. The molecule has 0 aromatic heterocycles. The van der Waals surface area contributed by atoms with E-state index in [-0.39, 0.29) is 6.79 Å². The van der Waals surface area contributed by atoms with Crippen molar-refractivity contribution >= 4 is 5.97 Å². The lowest BCUT2D eigenvalue weighted by Gasteiger charge is -2.25. The predicted octanol–water partition coefficient (Wildman–Crippen LogP) is 6.87. The lowest BCUT2D eigenvalue weighted by molar-refractivity contribution is -0.142. The number of carbonyl (C=O) groups is 1. The SMILES string of the molecule is CCCOc1ccc2c(c1)C(c1ccc(OC)cc1-c1ccc(OC)cc1)C(C(=O)O)C2c1ccc2c(c1)OCO2. The first-order valence-electron chi connectivity index (χ1n) is 13.7. The molecule has 210 valence electrons. The summed E-state index contributed by atoms with van der Waals surface area (Å²) in [6, 6.07) is 25.3. The fourth-order valence-corrected chi connectivity index (χ4v) is 6.09. The fraction of sp³-hybridized carbons (Fsp3) is 0.265. The van der Waals surface area contributed by atoms with Crippen molar-refractivity contribution in [3.8, 4) is 39.9 Å². The maximum Gasteiger partial charge on any atom is 0.308 e. The largest absolute Gasteiger partial charge is 0.497 e. The molecule has 0 saturated heterocycles. The standard InChI is InChI=1S/C34H32O7/c1-4-15-39-24-11-13-26-28(18-24)32(33(34(35)36)31(26)21-7-14-29-30(16-21)41-19-40-29)25-12-10-23(38-3)17-27(25)20-5-8-22(37-2)9-6-20/h5-14,16-18,31-33H,4,15,19H2,1-3H3,(H,35,36). The van der Waals surface area contributed by atoms with Gasteiger partial charge in [0, 0.05) is 11.8 Å². The Hall–Kier alpha value is -4.65. The quantitative estimate of drug-likeness (QED) is 0.243. The molecule has 1 N–H and O–H groups in total. The molecule has 0 radical (unpaired) electrons. The third kappa shape index (κ3) is 4.82. The Kier molecular flexibility index (Phi) is 7.18. The number of benzene rings is 4. The average molecular weight is 553 g/mol. The Morgan fingerprint density at radius 2 is 1.49 bits per heavy atom. The zero-order chi connectivity index (χ0) is 28.5. The summed E-state index contributed by atoms with van der Waals surface area (Å²) in [5.41, 5.74) is 5.51. The van der Waals surface area contributed by atoms with Crippen LogP contribution in [0.3, 0.4) is 0 Å². The second-order valence-electron chi connectivity index (χ2n) is 10.3. The molecule has 3 atom stereocenters. The van der Waals surface area contributed by atoms with Crippen LogP contribution < -0.4 is 23.7 Å². The van der Waals surface area contributed by atoms with Crippen molar-refractivity contribution in [2.24, 2.45) is 5.92 Å². The van der Waals surface area contributed by atoms with Gasteiger partial charge in [0.25, 0.3) is 0 Å². The van der Waals surface area contributed by atoms with E-state index in [1.807, 2.05) is 78.9 Å². The smallest absolute Gasteiger partial charge is 0.308 e. The van der Waals surface area contributed by atoms with Crippen LogP contribution in [0.4, 0.5) is 0 Å².